The summed E-state index contributed by atoms with van der Waals surface area (Å²) in [6, 6.07) is 4.32. The number of carboxylic acids is 1. The maximum absolute atomic E-state index is 12.9. The fraction of sp³-hybridized carbons (Fsp3) is 0.545. The molecule has 6 atom stereocenters. The highest BCUT2D eigenvalue weighted by atomic mass is 16.4. The molecule has 0 spiro atoms. The largest absolute Gasteiger partial charge is 0.480 e. The van der Waals surface area contributed by atoms with E-state index in [1.54, 1.807) is 37.3 Å². The Morgan fingerprint density at radius 1 is 0.938 bits per heavy atom. The first-order chi connectivity index (χ1) is 15.0. The lowest BCUT2D eigenvalue weighted by Gasteiger charge is -2.27. The fourth-order valence-corrected chi connectivity index (χ4v) is 2.86. The number of nitrogens with two attached hydrogens (primary N) is 1. The summed E-state index contributed by atoms with van der Waals surface area (Å²) in [5.41, 5.74) is 6.64. The topological polar surface area (TPSA) is 171 Å². The molecule has 1 aromatic rings. The highest BCUT2D eigenvalue weighted by Gasteiger charge is 2.32. The van der Waals surface area contributed by atoms with Gasteiger partial charge in [0.2, 0.25) is 17.7 Å². The van der Waals surface area contributed by atoms with Crippen LogP contribution in [0.1, 0.15) is 39.7 Å². The fourth-order valence-electron chi connectivity index (χ4n) is 2.86. The van der Waals surface area contributed by atoms with Gasteiger partial charge in [-0.3, -0.25) is 19.2 Å². The zero-order valence-electron chi connectivity index (χ0n) is 18.9. The molecule has 7 N–H and O–H groups in total. The number of aliphatic hydroxyl groups excluding tert-OH is 1. The Labute approximate surface area is 187 Å². The first kappa shape index (κ1) is 27.1. The maximum atomic E-state index is 12.9. The number of aliphatic hydroxyl groups is 1. The van der Waals surface area contributed by atoms with Gasteiger partial charge in [0.15, 0.2) is 0 Å². The van der Waals surface area contributed by atoms with Crippen LogP contribution in [0.25, 0.3) is 0 Å². The van der Waals surface area contributed by atoms with Crippen LogP contribution in [0.5, 0.6) is 0 Å². The van der Waals surface area contributed by atoms with Crippen LogP contribution in [0.3, 0.4) is 0 Å². The molecule has 6 unspecified atom stereocenters. The van der Waals surface area contributed by atoms with E-state index in [1.807, 2.05) is 6.92 Å². The molecule has 10 heteroatoms. The number of hydrogen-bond donors (Lipinski definition) is 6. The number of aliphatic carboxylic acids is 1. The Balaban J connectivity index is 3.02. The zero-order valence-corrected chi connectivity index (χ0v) is 18.9. The van der Waals surface area contributed by atoms with Crippen LogP contribution in [0.2, 0.25) is 0 Å². The van der Waals surface area contributed by atoms with Gasteiger partial charge in [-0.25, -0.2) is 0 Å². The van der Waals surface area contributed by atoms with E-state index in [0.29, 0.717) is 6.42 Å². The van der Waals surface area contributed by atoms with Crippen LogP contribution in [0, 0.1) is 5.92 Å². The lowest BCUT2D eigenvalue weighted by atomic mass is 9.98. The standard InChI is InChI=1S/C22H34N4O6/c1-5-12(2)17(23)20(29)26-18(14(4)27)21(30)25-16(11-15-9-7-6-8-10-15)19(28)24-13(3)22(31)32/h6-10,12-14,16-18,27H,5,11,23H2,1-4H3,(H,24,28)(H,25,30)(H,26,29)(H,31,32). The first-order valence-corrected chi connectivity index (χ1v) is 10.6. The number of hydrogen-bond acceptors (Lipinski definition) is 6. The monoisotopic (exact) mass is 450 g/mol. The quantitative estimate of drug-likeness (QED) is 0.250. The number of nitrogens with one attached hydrogen (secondary N) is 3. The van der Waals surface area contributed by atoms with Crippen LogP contribution in [-0.2, 0) is 25.6 Å². The molecule has 3 amide bonds. The van der Waals surface area contributed by atoms with Gasteiger partial charge in [-0.2, -0.15) is 0 Å². The van der Waals surface area contributed by atoms with Crippen molar-refractivity contribution in [2.75, 3.05) is 0 Å². The van der Waals surface area contributed by atoms with Gasteiger partial charge < -0.3 is 31.9 Å². The Morgan fingerprint density at radius 2 is 1.53 bits per heavy atom. The minimum Gasteiger partial charge on any atom is -0.480 e. The number of carbonyl (C=O) groups excluding carboxylic acids is 3. The van der Waals surface area contributed by atoms with Crippen LogP contribution in [0.4, 0.5) is 0 Å². The number of benzene rings is 1. The SMILES string of the molecule is CCC(C)C(N)C(=O)NC(C(=O)NC(Cc1ccccc1)C(=O)NC(C)C(=O)O)C(C)O. The van der Waals surface area contributed by atoms with Crippen molar-refractivity contribution in [2.45, 2.75) is 70.8 Å². The van der Waals surface area contributed by atoms with Crippen molar-refractivity contribution in [1.82, 2.24) is 16.0 Å². The minimum atomic E-state index is -1.35. The van der Waals surface area contributed by atoms with Crippen molar-refractivity contribution in [3.63, 3.8) is 0 Å². The molecule has 10 nitrogen and oxygen atoms in total. The summed E-state index contributed by atoms with van der Waals surface area (Å²) in [4.78, 5) is 49.1. The van der Waals surface area contributed by atoms with E-state index in [9.17, 15) is 24.3 Å². The molecule has 0 aromatic heterocycles. The van der Waals surface area contributed by atoms with Gasteiger partial charge in [0.25, 0.3) is 0 Å². The number of carboxylic acid groups (broad SMARTS) is 1. The molecule has 1 aromatic carbocycles. The predicted molar refractivity (Wildman–Crippen MR) is 118 cm³/mol. The molecular weight excluding hydrogens is 416 g/mol. The lowest BCUT2D eigenvalue weighted by Crippen LogP contribution is -2.60. The van der Waals surface area contributed by atoms with Gasteiger partial charge >= 0.3 is 5.97 Å². The molecule has 0 saturated heterocycles. The second-order valence-electron chi connectivity index (χ2n) is 7.96. The summed E-state index contributed by atoms with van der Waals surface area (Å²) in [7, 11) is 0. The summed E-state index contributed by atoms with van der Waals surface area (Å²) >= 11 is 0. The van der Waals surface area contributed by atoms with E-state index < -0.39 is 54.0 Å². The highest BCUT2D eigenvalue weighted by molar-refractivity contribution is 5.94. The van der Waals surface area contributed by atoms with Gasteiger partial charge in [-0.1, -0.05) is 50.6 Å². The van der Waals surface area contributed by atoms with E-state index in [0.717, 1.165) is 5.56 Å². The van der Waals surface area contributed by atoms with Crippen LogP contribution in [-0.4, -0.2) is 64.2 Å². The van der Waals surface area contributed by atoms with Gasteiger partial charge in [0.1, 0.15) is 18.1 Å². The molecule has 1 rings (SSSR count). The highest BCUT2D eigenvalue weighted by Crippen LogP contribution is 2.08. The Hall–Kier alpha value is -2.98. The average Bonchev–Trinajstić information content (AvgIpc) is 2.75. The molecule has 0 fully saturated rings. The minimum absolute atomic E-state index is 0.0810. The van der Waals surface area contributed by atoms with Gasteiger partial charge in [0, 0.05) is 6.42 Å². The van der Waals surface area contributed by atoms with Gasteiger partial charge in [-0.15, -0.1) is 0 Å². The lowest BCUT2D eigenvalue weighted by molar-refractivity contribution is -0.142. The molecule has 32 heavy (non-hydrogen) atoms. The van der Waals surface area contributed by atoms with Gasteiger partial charge in [0.05, 0.1) is 12.1 Å². The van der Waals surface area contributed by atoms with Crippen LogP contribution < -0.4 is 21.7 Å². The smallest absolute Gasteiger partial charge is 0.325 e. The summed E-state index contributed by atoms with van der Waals surface area (Å²) in [6.07, 6.45) is -0.528. The molecule has 0 aliphatic rings. The summed E-state index contributed by atoms with van der Waals surface area (Å²) in [6.45, 7) is 6.31. The molecule has 0 aliphatic carbocycles. The maximum Gasteiger partial charge on any atom is 0.325 e. The average molecular weight is 451 g/mol. The summed E-state index contributed by atoms with van der Waals surface area (Å²) < 4.78 is 0. The molecule has 178 valence electrons. The molecule has 0 saturated carbocycles. The number of carbonyl (C=O) groups is 4. The predicted octanol–water partition coefficient (Wildman–Crippen LogP) is -0.458. The molecular formula is C22H34N4O6. The van der Waals surface area contributed by atoms with Crippen LogP contribution >= 0.6 is 0 Å². The first-order valence-electron chi connectivity index (χ1n) is 10.6. The molecule has 0 heterocycles. The molecule has 0 aliphatic heterocycles. The molecule has 0 bridgehead atoms. The van der Waals surface area contributed by atoms with Crippen molar-refractivity contribution < 1.29 is 29.4 Å². The Morgan fingerprint density at radius 3 is 2.03 bits per heavy atom. The normalized spacial score (nSPS) is 16.6. The van der Waals surface area contributed by atoms with Crippen molar-refractivity contribution in [3.05, 3.63) is 35.9 Å². The van der Waals surface area contributed by atoms with E-state index in [-0.39, 0.29) is 12.3 Å². The van der Waals surface area contributed by atoms with Crippen molar-refractivity contribution in [1.29, 1.82) is 0 Å². The van der Waals surface area contributed by atoms with Crippen molar-refractivity contribution >= 4 is 23.7 Å². The van der Waals surface area contributed by atoms with Crippen molar-refractivity contribution in [2.24, 2.45) is 11.7 Å². The van der Waals surface area contributed by atoms with E-state index in [4.69, 9.17) is 10.8 Å². The Bertz CT molecular complexity index is 786. The zero-order chi connectivity index (χ0) is 24.4. The van der Waals surface area contributed by atoms with E-state index in [1.165, 1.54) is 13.8 Å². The second-order valence-corrected chi connectivity index (χ2v) is 7.96. The third-order valence-corrected chi connectivity index (χ3v) is 5.27. The summed E-state index contributed by atoms with van der Waals surface area (Å²) in [5.74, 6) is -3.45. The van der Waals surface area contributed by atoms with Crippen LogP contribution in [0.15, 0.2) is 30.3 Å². The number of rotatable bonds is 12. The number of amides is 3. The van der Waals surface area contributed by atoms with Gasteiger partial charge in [-0.05, 0) is 25.3 Å². The van der Waals surface area contributed by atoms with Crippen molar-refractivity contribution in [3.8, 4) is 0 Å². The molecule has 0 radical (unpaired) electrons. The third kappa shape index (κ3) is 8.27. The summed E-state index contributed by atoms with van der Waals surface area (Å²) in [5, 5.41) is 26.4. The Kier molecular flexibility index (Phi) is 10.8. The van der Waals surface area contributed by atoms with E-state index in [2.05, 4.69) is 16.0 Å². The van der Waals surface area contributed by atoms with E-state index >= 15 is 0 Å². The second kappa shape index (κ2) is 12.8. The third-order valence-electron chi connectivity index (χ3n) is 5.27.